The molecule has 0 bridgehead atoms. The second kappa shape index (κ2) is 5.38. The second-order valence-corrected chi connectivity index (χ2v) is 4.83. The van der Waals surface area contributed by atoms with Gasteiger partial charge in [-0.3, -0.25) is 0 Å². The molecule has 0 saturated heterocycles. The predicted molar refractivity (Wildman–Crippen MR) is 73.0 cm³/mol. The van der Waals surface area contributed by atoms with Crippen LogP contribution in [0.1, 0.15) is 17.2 Å². The Balaban J connectivity index is 2.21. The maximum Gasteiger partial charge on any atom is 0.0955 e. The molecule has 90 valence electrons. The molecule has 17 heavy (non-hydrogen) atoms. The second-order valence-electron chi connectivity index (χ2n) is 3.97. The number of hydrogen-bond acceptors (Lipinski definition) is 3. The van der Waals surface area contributed by atoms with Gasteiger partial charge in [0, 0.05) is 22.3 Å². The topological polar surface area (TPSA) is 51.2 Å². The maximum atomic E-state index is 5.78. The lowest BCUT2D eigenvalue weighted by Gasteiger charge is -2.18. The van der Waals surface area contributed by atoms with Crippen LogP contribution in [0.25, 0.3) is 0 Å². The van der Waals surface area contributed by atoms with Crippen molar-refractivity contribution < 1.29 is 4.42 Å². The highest BCUT2D eigenvalue weighted by Gasteiger charge is 2.12. The molecule has 4 heteroatoms. The van der Waals surface area contributed by atoms with Gasteiger partial charge in [0.1, 0.15) is 0 Å². The zero-order chi connectivity index (χ0) is 12.3. The molecule has 1 aromatic heterocycles. The van der Waals surface area contributed by atoms with E-state index in [0.717, 1.165) is 15.7 Å². The average Bonchev–Trinajstić information content (AvgIpc) is 2.84. The highest BCUT2D eigenvalue weighted by atomic mass is 79.9. The van der Waals surface area contributed by atoms with Crippen molar-refractivity contribution in [1.82, 2.24) is 0 Å². The maximum absolute atomic E-state index is 5.78. The molecule has 0 aliphatic carbocycles. The van der Waals surface area contributed by atoms with Gasteiger partial charge in [-0.15, -0.1) is 0 Å². The molecule has 0 aliphatic heterocycles. The Morgan fingerprint density at radius 3 is 2.88 bits per heavy atom. The Labute approximate surface area is 109 Å². The summed E-state index contributed by atoms with van der Waals surface area (Å²) < 4.78 is 6.11. The van der Waals surface area contributed by atoms with Crippen LogP contribution in [0.5, 0.6) is 0 Å². The van der Waals surface area contributed by atoms with E-state index in [1.807, 2.05) is 12.1 Å². The summed E-state index contributed by atoms with van der Waals surface area (Å²) in [6.07, 6.45) is 3.37. The van der Waals surface area contributed by atoms with Gasteiger partial charge >= 0.3 is 0 Å². The number of aryl methyl sites for hydroxylation is 1. The highest BCUT2D eigenvalue weighted by Crippen LogP contribution is 2.27. The third-order valence-corrected chi connectivity index (χ3v) is 3.32. The van der Waals surface area contributed by atoms with Gasteiger partial charge in [-0.1, -0.05) is 6.07 Å². The van der Waals surface area contributed by atoms with E-state index in [1.165, 1.54) is 5.56 Å². The normalized spacial score (nSPS) is 12.4. The van der Waals surface area contributed by atoms with E-state index in [-0.39, 0.29) is 6.04 Å². The molecule has 2 aromatic rings. The molecule has 3 N–H and O–H groups in total. The van der Waals surface area contributed by atoms with E-state index in [0.29, 0.717) is 6.54 Å². The van der Waals surface area contributed by atoms with Crippen molar-refractivity contribution in [3.63, 3.8) is 0 Å². The molecular weight excluding hydrogens is 280 g/mol. The van der Waals surface area contributed by atoms with Crippen LogP contribution in [-0.4, -0.2) is 6.54 Å². The molecule has 1 heterocycles. The lowest BCUT2D eigenvalue weighted by Crippen LogP contribution is -2.20. The minimum atomic E-state index is 0.0619. The number of nitrogens with two attached hydrogens (primary N) is 1. The fourth-order valence-electron chi connectivity index (χ4n) is 1.69. The van der Waals surface area contributed by atoms with E-state index >= 15 is 0 Å². The Bertz CT molecular complexity index is 482. The molecule has 0 fully saturated rings. The third kappa shape index (κ3) is 2.90. The van der Waals surface area contributed by atoms with Crippen LogP contribution in [0.3, 0.4) is 0 Å². The molecule has 1 atom stereocenters. The summed E-state index contributed by atoms with van der Waals surface area (Å²) >= 11 is 3.52. The quantitative estimate of drug-likeness (QED) is 0.908. The first-order valence-electron chi connectivity index (χ1n) is 5.45. The van der Waals surface area contributed by atoms with E-state index in [4.69, 9.17) is 10.2 Å². The van der Waals surface area contributed by atoms with Gasteiger partial charge in [0.15, 0.2) is 0 Å². The van der Waals surface area contributed by atoms with E-state index in [2.05, 4.69) is 40.3 Å². The molecule has 0 radical (unpaired) electrons. The molecule has 0 amide bonds. The van der Waals surface area contributed by atoms with Crippen molar-refractivity contribution in [2.75, 3.05) is 11.9 Å². The van der Waals surface area contributed by atoms with E-state index in [9.17, 15) is 0 Å². The van der Waals surface area contributed by atoms with Gasteiger partial charge in [-0.2, -0.15) is 0 Å². The van der Waals surface area contributed by atoms with Gasteiger partial charge in [0.2, 0.25) is 0 Å². The van der Waals surface area contributed by atoms with Crippen LogP contribution in [0.2, 0.25) is 0 Å². The summed E-state index contributed by atoms with van der Waals surface area (Å²) in [5, 5.41) is 3.41. The van der Waals surface area contributed by atoms with Gasteiger partial charge in [0.05, 0.1) is 18.6 Å². The van der Waals surface area contributed by atoms with Crippen molar-refractivity contribution in [3.8, 4) is 0 Å². The van der Waals surface area contributed by atoms with Crippen LogP contribution in [0.4, 0.5) is 5.69 Å². The van der Waals surface area contributed by atoms with Crippen molar-refractivity contribution in [1.29, 1.82) is 0 Å². The van der Waals surface area contributed by atoms with E-state index < -0.39 is 0 Å². The molecule has 0 spiro atoms. The molecule has 1 unspecified atom stereocenters. The molecule has 0 aliphatic rings. The SMILES string of the molecule is Cc1ccc(Br)c(NC(CN)c2ccoc2)c1. The van der Waals surface area contributed by atoms with Crippen LogP contribution < -0.4 is 11.1 Å². The zero-order valence-electron chi connectivity index (χ0n) is 9.61. The monoisotopic (exact) mass is 294 g/mol. The summed E-state index contributed by atoms with van der Waals surface area (Å²) in [4.78, 5) is 0. The largest absolute Gasteiger partial charge is 0.472 e. The predicted octanol–water partition coefficient (Wildman–Crippen LogP) is 3.46. The van der Waals surface area contributed by atoms with Crippen molar-refractivity contribution in [3.05, 3.63) is 52.4 Å². The van der Waals surface area contributed by atoms with Gasteiger partial charge in [0.25, 0.3) is 0 Å². The third-order valence-electron chi connectivity index (χ3n) is 2.63. The Hall–Kier alpha value is -1.26. The Morgan fingerprint density at radius 1 is 1.41 bits per heavy atom. The van der Waals surface area contributed by atoms with Crippen LogP contribution in [0, 0.1) is 6.92 Å². The molecule has 0 saturated carbocycles. The number of rotatable bonds is 4. The number of halogens is 1. The standard InChI is InChI=1S/C13H15BrN2O/c1-9-2-3-11(14)12(6-9)16-13(7-15)10-4-5-17-8-10/h2-6,8,13,16H,7,15H2,1H3. The number of furan rings is 1. The van der Waals surface area contributed by atoms with E-state index in [1.54, 1.807) is 12.5 Å². The minimum Gasteiger partial charge on any atom is -0.472 e. The van der Waals surface area contributed by atoms with Crippen molar-refractivity contribution in [2.45, 2.75) is 13.0 Å². The van der Waals surface area contributed by atoms with Crippen molar-refractivity contribution >= 4 is 21.6 Å². The summed E-state index contributed by atoms with van der Waals surface area (Å²) in [6, 6.07) is 8.17. The van der Waals surface area contributed by atoms with Crippen molar-refractivity contribution in [2.24, 2.45) is 5.73 Å². The minimum absolute atomic E-state index is 0.0619. The lowest BCUT2D eigenvalue weighted by atomic mass is 10.1. The zero-order valence-corrected chi connectivity index (χ0v) is 11.2. The fourth-order valence-corrected chi connectivity index (χ4v) is 2.05. The fraction of sp³-hybridized carbons (Fsp3) is 0.231. The average molecular weight is 295 g/mol. The van der Waals surface area contributed by atoms with Crippen LogP contribution in [0.15, 0.2) is 45.7 Å². The van der Waals surface area contributed by atoms with Crippen LogP contribution in [-0.2, 0) is 0 Å². The van der Waals surface area contributed by atoms with Gasteiger partial charge < -0.3 is 15.5 Å². The smallest absolute Gasteiger partial charge is 0.0955 e. The summed E-state index contributed by atoms with van der Waals surface area (Å²) in [5.41, 5.74) is 9.09. The lowest BCUT2D eigenvalue weighted by molar-refractivity contribution is 0.561. The summed E-state index contributed by atoms with van der Waals surface area (Å²) in [6.45, 7) is 2.58. The van der Waals surface area contributed by atoms with Crippen LogP contribution >= 0.6 is 15.9 Å². The number of benzene rings is 1. The first-order valence-corrected chi connectivity index (χ1v) is 6.25. The molecular formula is C13H15BrN2O. The Morgan fingerprint density at radius 2 is 2.24 bits per heavy atom. The molecule has 3 nitrogen and oxygen atoms in total. The summed E-state index contributed by atoms with van der Waals surface area (Å²) in [5.74, 6) is 0. The van der Waals surface area contributed by atoms with Gasteiger partial charge in [-0.05, 0) is 46.6 Å². The number of hydrogen-bond donors (Lipinski definition) is 2. The number of nitrogens with one attached hydrogen (secondary N) is 1. The molecule has 2 rings (SSSR count). The van der Waals surface area contributed by atoms with Gasteiger partial charge in [-0.25, -0.2) is 0 Å². The number of anilines is 1. The highest BCUT2D eigenvalue weighted by molar-refractivity contribution is 9.10. The Kier molecular flexibility index (Phi) is 3.86. The first-order chi connectivity index (χ1) is 8.20. The summed E-state index contributed by atoms with van der Waals surface area (Å²) in [7, 11) is 0. The molecule has 1 aromatic carbocycles. The first kappa shape index (κ1) is 12.2.